The lowest BCUT2D eigenvalue weighted by molar-refractivity contribution is 0.0393. The number of fused-ring (bicyclic) bond motifs is 2. The van der Waals surface area contributed by atoms with Crippen molar-refractivity contribution in [1.29, 1.82) is 0 Å². The van der Waals surface area contributed by atoms with E-state index in [2.05, 4.69) is 31.2 Å². The molecule has 170 valence electrons. The molecular weight excluding hydrogens is 423 g/mol. The molecule has 0 N–H and O–H groups in total. The van der Waals surface area contributed by atoms with Gasteiger partial charge in [0, 0.05) is 44.4 Å². The number of pyridine rings is 1. The smallest absolute Gasteiger partial charge is 0.274 e. The summed E-state index contributed by atoms with van der Waals surface area (Å²) in [5.41, 5.74) is 4.51. The Kier molecular flexibility index (Phi) is 4.74. The number of anilines is 3. The molecular formula is C23H25FN8O. The van der Waals surface area contributed by atoms with Crippen LogP contribution in [0.25, 0.3) is 0 Å². The minimum Gasteiger partial charge on any atom is -0.350 e. The van der Waals surface area contributed by atoms with Crippen molar-refractivity contribution in [2.45, 2.75) is 39.0 Å². The molecule has 3 aliphatic heterocycles. The summed E-state index contributed by atoms with van der Waals surface area (Å²) >= 11 is 0. The van der Waals surface area contributed by atoms with Gasteiger partial charge in [-0.25, -0.2) is 9.07 Å². The second kappa shape index (κ2) is 7.79. The molecule has 10 heteroatoms. The highest BCUT2D eigenvalue weighted by atomic mass is 19.1. The van der Waals surface area contributed by atoms with Crippen LogP contribution >= 0.6 is 0 Å². The van der Waals surface area contributed by atoms with Crippen molar-refractivity contribution in [2.24, 2.45) is 0 Å². The van der Waals surface area contributed by atoms with Crippen LogP contribution in [-0.4, -0.2) is 68.1 Å². The van der Waals surface area contributed by atoms with Gasteiger partial charge in [0.2, 0.25) is 0 Å². The number of hydrogen-bond donors (Lipinski definition) is 0. The van der Waals surface area contributed by atoms with Gasteiger partial charge in [0.1, 0.15) is 12.0 Å². The summed E-state index contributed by atoms with van der Waals surface area (Å²) in [6.45, 7) is 5.56. The molecule has 6 heterocycles. The van der Waals surface area contributed by atoms with E-state index >= 15 is 0 Å². The quantitative estimate of drug-likeness (QED) is 0.608. The Bertz CT molecular complexity index is 1220. The fourth-order valence-corrected chi connectivity index (χ4v) is 4.87. The second-order valence-corrected chi connectivity index (χ2v) is 8.93. The molecule has 33 heavy (non-hydrogen) atoms. The van der Waals surface area contributed by atoms with Crippen LogP contribution < -0.4 is 9.80 Å². The normalized spacial score (nSPS) is 18.1. The highest BCUT2D eigenvalue weighted by molar-refractivity contribution is 5.93. The number of aryl methyl sites for hydroxylation is 2. The van der Waals surface area contributed by atoms with E-state index in [4.69, 9.17) is 4.98 Å². The van der Waals surface area contributed by atoms with Crippen molar-refractivity contribution in [3.05, 3.63) is 53.1 Å². The zero-order valence-electron chi connectivity index (χ0n) is 18.5. The van der Waals surface area contributed by atoms with Crippen molar-refractivity contribution in [1.82, 2.24) is 29.9 Å². The Balaban J connectivity index is 1.23. The van der Waals surface area contributed by atoms with Crippen LogP contribution in [0.3, 0.4) is 0 Å². The summed E-state index contributed by atoms with van der Waals surface area (Å²) in [5.74, 6) is 1.61. The lowest BCUT2D eigenvalue weighted by Gasteiger charge is -2.34. The van der Waals surface area contributed by atoms with Crippen LogP contribution in [0, 0.1) is 6.92 Å². The van der Waals surface area contributed by atoms with Gasteiger partial charge in [0.15, 0.2) is 11.5 Å². The lowest BCUT2D eigenvalue weighted by atomic mass is 10.0. The third-order valence-corrected chi connectivity index (χ3v) is 6.66. The van der Waals surface area contributed by atoms with Crippen LogP contribution in [0.2, 0.25) is 0 Å². The summed E-state index contributed by atoms with van der Waals surface area (Å²) in [7, 11) is 0. The van der Waals surface area contributed by atoms with E-state index in [1.54, 1.807) is 6.07 Å². The Morgan fingerprint density at radius 3 is 2.85 bits per heavy atom. The van der Waals surface area contributed by atoms with E-state index in [0.29, 0.717) is 6.54 Å². The summed E-state index contributed by atoms with van der Waals surface area (Å²) in [4.78, 5) is 23.1. The largest absolute Gasteiger partial charge is 0.350 e. The number of nitrogens with zero attached hydrogens (tertiary/aromatic N) is 8. The molecule has 1 fully saturated rings. The molecule has 3 aliphatic rings. The van der Waals surface area contributed by atoms with Crippen molar-refractivity contribution >= 4 is 23.2 Å². The van der Waals surface area contributed by atoms with Gasteiger partial charge in [-0.15, -0.1) is 10.2 Å². The predicted molar refractivity (Wildman–Crippen MR) is 120 cm³/mol. The molecule has 0 unspecified atom stereocenters. The van der Waals surface area contributed by atoms with E-state index in [9.17, 15) is 9.18 Å². The first-order chi connectivity index (χ1) is 16.1. The molecule has 3 aromatic heterocycles. The topological polar surface area (TPSA) is 83.3 Å². The Hall–Kier alpha value is -3.56. The first kappa shape index (κ1) is 20.1. The number of rotatable bonds is 3. The summed E-state index contributed by atoms with van der Waals surface area (Å²) in [6, 6.07) is 6.02. The van der Waals surface area contributed by atoms with Gasteiger partial charge in [-0.05, 0) is 36.6 Å². The third-order valence-electron chi connectivity index (χ3n) is 6.66. The van der Waals surface area contributed by atoms with E-state index in [1.807, 2.05) is 30.1 Å². The SMILES string of the molecule is Cc1cc(C(=O)N2CC(F)C2)nnc1N1CCc2ncc(N3CCCn4nccc43)cc2C1. The molecule has 0 aromatic carbocycles. The van der Waals surface area contributed by atoms with E-state index in [0.717, 1.165) is 61.1 Å². The van der Waals surface area contributed by atoms with Crippen LogP contribution in [0.15, 0.2) is 30.6 Å². The van der Waals surface area contributed by atoms with Crippen molar-refractivity contribution in [3.8, 4) is 0 Å². The number of likely N-dealkylation sites (tertiary alicyclic amines) is 1. The number of amides is 1. The average molecular weight is 449 g/mol. The molecule has 0 atom stereocenters. The molecule has 0 aliphatic carbocycles. The number of carbonyl (C=O) groups is 1. The van der Waals surface area contributed by atoms with E-state index in [-0.39, 0.29) is 24.7 Å². The van der Waals surface area contributed by atoms with E-state index in [1.165, 1.54) is 10.5 Å². The number of aromatic nitrogens is 5. The number of hydrogen-bond acceptors (Lipinski definition) is 7. The minimum atomic E-state index is -0.931. The van der Waals surface area contributed by atoms with Gasteiger partial charge in [-0.2, -0.15) is 5.10 Å². The molecule has 3 aromatic rings. The maximum absolute atomic E-state index is 13.1. The lowest BCUT2D eigenvalue weighted by Crippen LogP contribution is -2.51. The zero-order chi connectivity index (χ0) is 22.5. The molecule has 1 saturated heterocycles. The van der Waals surface area contributed by atoms with Crippen molar-refractivity contribution in [2.75, 3.05) is 36.0 Å². The van der Waals surface area contributed by atoms with Gasteiger partial charge >= 0.3 is 0 Å². The van der Waals surface area contributed by atoms with E-state index < -0.39 is 6.17 Å². The van der Waals surface area contributed by atoms with Crippen LogP contribution in [0.1, 0.15) is 33.7 Å². The average Bonchev–Trinajstić information content (AvgIpc) is 3.30. The fraction of sp³-hybridized carbons (Fsp3) is 0.435. The number of alkyl halides is 1. The van der Waals surface area contributed by atoms with Gasteiger partial charge in [-0.3, -0.25) is 9.78 Å². The van der Waals surface area contributed by atoms with Gasteiger partial charge in [0.25, 0.3) is 5.91 Å². The molecule has 0 saturated carbocycles. The maximum Gasteiger partial charge on any atom is 0.274 e. The third kappa shape index (κ3) is 3.49. The molecule has 0 spiro atoms. The molecule has 6 rings (SSSR count). The Labute approximate surface area is 190 Å². The minimum absolute atomic E-state index is 0.136. The van der Waals surface area contributed by atoms with Crippen LogP contribution in [0.5, 0.6) is 0 Å². The highest BCUT2D eigenvalue weighted by Crippen LogP contribution is 2.32. The first-order valence-corrected chi connectivity index (χ1v) is 11.4. The molecule has 0 radical (unpaired) electrons. The molecule has 1 amide bonds. The van der Waals surface area contributed by atoms with Crippen LogP contribution in [-0.2, 0) is 19.5 Å². The number of halogens is 1. The molecule has 0 bridgehead atoms. The zero-order valence-corrected chi connectivity index (χ0v) is 18.5. The van der Waals surface area contributed by atoms with Gasteiger partial charge < -0.3 is 14.7 Å². The van der Waals surface area contributed by atoms with Gasteiger partial charge in [-0.1, -0.05) is 0 Å². The van der Waals surface area contributed by atoms with Gasteiger partial charge in [0.05, 0.1) is 31.2 Å². The van der Waals surface area contributed by atoms with Crippen molar-refractivity contribution < 1.29 is 9.18 Å². The monoisotopic (exact) mass is 448 g/mol. The van der Waals surface area contributed by atoms with Crippen molar-refractivity contribution in [3.63, 3.8) is 0 Å². The predicted octanol–water partition coefficient (Wildman–Crippen LogP) is 2.27. The second-order valence-electron chi connectivity index (χ2n) is 8.93. The van der Waals surface area contributed by atoms with Crippen LogP contribution in [0.4, 0.5) is 21.7 Å². The summed E-state index contributed by atoms with van der Waals surface area (Å²) in [5, 5.41) is 13.0. The fourth-order valence-electron chi connectivity index (χ4n) is 4.87. The Morgan fingerprint density at radius 1 is 1.15 bits per heavy atom. The Morgan fingerprint density at radius 2 is 2.03 bits per heavy atom. The maximum atomic E-state index is 13.1. The first-order valence-electron chi connectivity index (χ1n) is 11.4. The standard InChI is InChI=1S/C23H25FN8O/c1-15-9-20(23(33)30-13-17(24)14-30)27-28-22(15)29-8-4-19-16(12-29)10-18(11-25-19)31-6-2-7-32-21(31)3-5-26-32/h3,5,9-11,17H,2,4,6-8,12-14H2,1H3. The number of carbonyl (C=O) groups excluding carboxylic acids is 1. The molecule has 9 nitrogen and oxygen atoms in total. The summed E-state index contributed by atoms with van der Waals surface area (Å²) in [6.07, 6.45) is 4.73. The summed E-state index contributed by atoms with van der Waals surface area (Å²) < 4.78 is 15.1. The highest BCUT2D eigenvalue weighted by Gasteiger charge is 2.32.